The maximum Gasteiger partial charge on any atom is 0.416 e. The minimum absolute atomic E-state index is 0.100. The van der Waals surface area contributed by atoms with Crippen LogP contribution in [0.25, 0.3) is 0 Å². The highest BCUT2D eigenvalue weighted by atomic mass is 19.4. The maximum absolute atomic E-state index is 13.2. The number of benzene rings is 1. The molecule has 2 saturated heterocycles. The minimum Gasteiger partial charge on any atom is -0.391 e. The number of β-amino-alcohol motifs (C(OH)–C–C–N with tert-alkyl or cyclic N) is 1. The van der Waals surface area contributed by atoms with Gasteiger partial charge in [-0.3, -0.25) is 9.59 Å². The first-order chi connectivity index (χ1) is 16.5. The lowest BCUT2D eigenvalue weighted by Gasteiger charge is -2.38. The molecule has 2 amide bonds. The minimum atomic E-state index is -4.44. The highest BCUT2D eigenvalue weighted by Gasteiger charge is 2.51. The van der Waals surface area contributed by atoms with Crippen LogP contribution in [0, 0.1) is 5.41 Å². The molecule has 4 rings (SSSR count). The van der Waals surface area contributed by atoms with E-state index in [4.69, 9.17) is 0 Å². The number of aliphatic hydroxyl groups is 1. The molecule has 7 nitrogen and oxygen atoms in total. The Balaban J connectivity index is 1.44. The number of amides is 2. The summed E-state index contributed by atoms with van der Waals surface area (Å²) in [6, 6.07) is 4.49. The second-order valence-corrected chi connectivity index (χ2v) is 10.3. The van der Waals surface area contributed by atoms with Crippen LogP contribution in [0.4, 0.5) is 18.9 Å². The SMILES string of the molecule is CN(C)C(=O)[C@H](CCN1CCC2(CC2)[C@H](O)C1)N1CCN(c2cccc(C(F)(F)F)c2)CCC1=O. The van der Waals surface area contributed by atoms with E-state index in [1.54, 1.807) is 30.0 Å². The zero-order chi connectivity index (χ0) is 25.4. The quantitative estimate of drug-likeness (QED) is 0.656. The van der Waals surface area contributed by atoms with Gasteiger partial charge in [-0.15, -0.1) is 0 Å². The van der Waals surface area contributed by atoms with Crippen LogP contribution in [0.5, 0.6) is 0 Å². The Kier molecular flexibility index (Phi) is 7.33. The Morgan fingerprint density at radius 3 is 2.54 bits per heavy atom. The lowest BCUT2D eigenvalue weighted by Crippen LogP contribution is -2.52. The second kappa shape index (κ2) is 9.97. The van der Waals surface area contributed by atoms with Crippen LogP contribution in [0.3, 0.4) is 0 Å². The molecule has 10 heteroatoms. The van der Waals surface area contributed by atoms with Crippen molar-refractivity contribution in [3.8, 4) is 0 Å². The van der Waals surface area contributed by atoms with Crippen molar-refractivity contribution in [1.82, 2.24) is 14.7 Å². The Bertz CT molecular complexity index is 935. The van der Waals surface area contributed by atoms with E-state index in [0.717, 1.165) is 37.9 Å². The fourth-order valence-corrected chi connectivity index (χ4v) is 5.35. The van der Waals surface area contributed by atoms with Gasteiger partial charge in [0.2, 0.25) is 11.8 Å². The lowest BCUT2D eigenvalue weighted by atomic mass is 9.90. The number of carbonyl (C=O) groups is 2. The van der Waals surface area contributed by atoms with E-state index in [-0.39, 0.29) is 36.3 Å². The van der Waals surface area contributed by atoms with Crippen LogP contribution in [0.15, 0.2) is 24.3 Å². The molecule has 2 atom stereocenters. The molecule has 1 aromatic carbocycles. The zero-order valence-corrected chi connectivity index (χ0v) is 20.4. The van der Waals surface area contributed by atoms with Crippen LogP contribution in [0.2, 0.25) is 0 Å². The number of nitrogens with zero attached hydrogens (tertiary/aromatic N) is 4. The van der Waals surface area contributed by atoms with Crippen molar-refractivity contribution in [1.29, 1.82) is 0 Å². The number of anilines is 1. The van der Waals surface area contributed by atoms with E-state index >= 15 is 0 Å². The zero-order valence-electron chi connectivity index (χ0n) is 20.4. The average Bonchev–Trinajstić information content (AvgIpc) is 3.61. The Morgan fingerprint density at radius 2 is 1.91 bits per heavy atom. The standard InChI is InChI=1S/C25H35F3N4O3/c1-29(2)23(35)20(6-11-30-13-10-24(8-9-24)21(33)17-30)32-15-14-31(12-7-22(32)34)19-5-3-4-18(16-19)25(26,27)28/h3-5,16,20-21,33H,6-15,17H2,1-2H3/t20-,21+/m0/s1. The van der Waals surface area contributed by atoms with Gasteiger partial charge in [0.25, 0.3) is 0 Å². The molecule has 3 aliphatic rings. The molecule has 1 saturated carbocycles. The van der Waals surface area contributed by atoms with Crippen molar-refractivity contribution in [3.05, 3.63) is 29.8 Å². The van der Waals surface area contributed by atoms with Crippen molar-refractivity contribution in [2.24, 2.45) is 5.41 Å². The van der Waals surface area contributed by atoms with Crippen molar-refractivity contribution < 1.29 is 27.9 Å². The highest BCUT2D eigenvalue weighted by Crippen LogP contribution is 2.53. The van der Waals surface area contributed by atoms with Crippen LogP contribution in [-0.2, 0) is 15.8 Å². The highest BCUT2D eigenvalue weighted by molar-refractivity contribution is 5.88. The number of likely N-dealkylation sites (N-methyl/N-ethyl adjacent to an activating group) is 1. The first kappa shape index (κ1) is 25.8. The van der Waals surface area contributed by atoms with Gasteiger partial charge in [0, 0.05) is 58.9 Å². The van der Waals surface area contributed by atoms with Crippen LogP contribution in [-0.4, -0.2) is 97.1 Å². The van der Waals surface area contributed by atoms with Crippen molar-refractivity contribution in [2.75, 3.05) is 58.3 Å². The number of likely N-dealkylation sites (tertiary alicyclic amines) is 1. The molecule has 1 aliphatic carbocycles. The predicted octanol–water partition coefficient (Wildman–Crippen LogP) is 2.44. The van der Waals surface area contributed by atoms with Gasteiger partial charge in [-0.1, -0.05) is 6.07 Å². The van der Waals surface area contributed by atoms with Gasteiger partial charge in [0.15, 0.2) is 0 Å². The summed E-state index contributed by atoms with van der Waals surface area (Å²) in [6.07, 6.45) is -1.10. The summed E-state index contributed by atoms with van der Waals surface area (Å²) < 4.78 is 39.5. The normalized spacial score (nSPS) is 23.8. The molecule has 1 N–H and O–H groups in total. The molecule has 1 spiro atoms. The summed E-state index contributed by atoms with van der Waals surface area (Å²) in [5.41, 5.74) is -0.204. The number of rotatable bonds is 6. The van der Waals surface area contributed by atoms with Crippen molar-refractivity contribution in [3.63, 3.8) is 0 Å². The molecule has 2 aliphatic heterocycles. The maximum atomic E-state index is 13.2. The van der Waals surface area contributed by atoms with E-state index in [0.29, 0.717) is 38.3 Å². The number of hydrogen-bond acceptors (Lipinski definition) is 5. The van der Waals surface area contributed by atoms with Crippen LogP contribution in [0.1, 0.15) is 37.7 Å². The number of halogens is 3. The van der Waals surface area contributed by atoms with Crippen LogP contribution >= 0.6 is 0 Å². The van der Waals surface area contributed by atoms with Gasteiger partial charge in [-0.2, -0.15) is 13.2 Å². The third-order valence-corrected chi connectivity index (χ3v) is 7.84. The molecule has 2 heterocycles. The average molecular weight is 497 g/mol. The fourth-order valence-electron chi connectivity index (χ4n) is 5.35. The third kappa shape index (κ3) is 5.74. The molecule has 1 aromatic rings. The third-order valence-electron chi connectivity index (χ3n) is 7.84. The number of alkyl halides is 3. The molecule has 35 heavy (non-hydrogen) atoms. The first-order valence-corrected chi connectivity index (χ1v) is 12.3. The number of carbonyl (C=O) groups excluding carboxylic acids is 2. The number of piperidine rings is 1. The van der Waals surface area contributed by atoms with Crippen LogP contribution < -0.4 is 4.90 Å². The molecular weight excluding hydrogens is 461 g/mol. The number of hydrogen-bond donors (Lipinski definition) is 1. The van der Waals surface area contributed by atoms with Gasteiger partial charge in [-0.05, 0) is 55.8 Å². The lowest BCUT2D eigenvalue weighted by molar-refractivity contribution is -0.144. The van der Waals surface area contributed by atoms with E-state index in [1.165, 1.54) is 11.0 Å². The Hall–Kier alpha value is -2.33. The van der Waals surface area contributed by atoms with E-state index in [1.807, 2.05) is 0 Å². The molecule has 0 radical (unpaired) electrons. The predicted molar refractivity (Wildman–Crippen MR) is 126 cm³/mol. The summed E-state index contributed by atoms with van der Waals surface area (Å²) in [5, 5.41) is 10.5. The van der Waals surface area contributed by atoms with E-state index in [2.05, 4.69) is 4.90 Å². The first-order valence-electron chi connectivity index (χ1n) is 12.3. The summed E-state index contributed by atoms with van der Waals surface area (Å²) >= 11 is 0. The topological polar surface area (TPSA) is 67.3 Å². The summed E-state index contributed by atoms with van der Waals surface area (Å²) in [7, 11) is 3.32. The summed E-state index contributed by atoms with van der Waals surface area (Å²) in [6.45, 7) is 2.94. The van der Waals surface area contributed by atoms with E-state index < -0.39 is 17.8 Å². The largest absolute Gasteiger partial charge is 0.416 e. The number of aliphatic hydroxyl groups excluding tert-OH is 1. The van der Waals surface area contributed by atoms with E-state index in [9.17, 15) is 27.9 Å². The molecule has 0 bridgehead atoms. The van der Waals surface area contributed by atoms with Gasteiger partial charge in [-0.25, -0.2) is 0 Å². The molecule has 0 unspecified atom stereocenters. The molecule has 3 fully saturated rings. The second-order valence-electron chi connectivity index (χ2n) is 10.3. The van der Waals surface area contributed by atoms with Gasteiger partial charge >= 0.3 is 6.18 Å². The van der Waals surface area contributed by atoms with Gasteiger partial charge < -0.3 is 24.7 Å². The smallest absolute Gasteiger partial charge is 0.391 e. The molecule has 194 valence electrons. The fraction of sp³-hybridized carbons (Fsp3) is 0.680. The van der Waals surface area contributed by atoms with Gasteiger partial charge in [0.05, 0.1) is 11.7 Å². The summed E-state index contributed by atoms with van der Waals surface area (Å²) in [5.74, 6) is -0.336. The van der Waals surface area contributed by atoms with Crippen molar-refractivity contribution >= 4 is 17.5 Å². The Labute approximate surface area is 204 Å². The van der Waals surface area contributed by atoms with Gasteiger partial charge in [0.1, 0.15) is 6.04 Å². The van der Waals surface area contributed by atoms with Crippen molar-refractivity contribution in [2.45, 2.75) is 50.4 Å². The summed E-state index contributed by atoms with van der Waals surface area (Å²) in [4.78, 5) is 33.2. The molecular formula is C25H35F3N4O3. The Morgan fingerprint density at radius 1 is 1.17 bits per heavy atom. The monoisotopic (exact) mass is 496 g/mol. The molecule has 0 aromatic heterocycles.